The number of amides is 1. The van der Waals surface area contributed by atoms with E-state index in [1.165, 1.54) is 0 Å². The molecule has 1 atom stereocenters. The van der Waals surface area contributed by atoms with Crippen LogP contribution in [0.4, 0.5) is 5.69 Å². The van der Waals surface area contributed by atoms with E-state index in [-0.39, 0.29) is 11.8 Å². The highest BCUT2D eigenvalue weighted by atomic mass is 16.1. The van der Waals surface area contributed by atoms with Crippen molar-refractivity contribution in [2.75, 3.05) is 5.32 Å². The Morgan fingerprint density at radius 1 is 1.35 bits per heavy atom. The molecule has 4 rings (SSSR count). The minimum atomic E-state index is -0.0183. The summed E-state index contributed by atoms with van der Waals surface area (Å²) < 4.78 is 0. The fraction of sp³-hybridized carbons (Fsp3) is 0.278. The number of imidazole rings is 1. The first-order chi connectivity index (χ1) is 11.2. The van der Waals surface area contributed by atoms with E-state index in [1.807, 2.05) is 37.3 Å². The fourth-order valence-corrected chi connectivity index (χ4v) is 3.27. The molecule has 3 aromatic rings. The Morgan fingerprint density at radius 3 is 3.13 bits per heavy atom. The van der Waals surface area contributed by atoms with Crippen molar-refractivity contribution in [3.05, 3.63) is 53.7 Å². The van der Waals surface area contributed by atoms with Crippen LogP contribution in [0.25, 0.3) is 10.9 Å². The lowest BCUT2D eigenvalue weighted by Crippen LogP contribution is -2.28. The number of hydrogen-bond donors (Lipinski definition) is 2. The molecule has 0 fully saturated rings. The number of aromatic nitrogens is 3. The van der Waals surface area contributed by atoms with Gasteiger partial charge >= 0.3 is 0 Å². The monoisotopic (exact) mass is 306 g/mol. The SMILES string of the molecule is Cc1cc(NC(=O)C2CCc3nc[nH]c3C2)c2ccccc2n1. The molecule has 0 aliphatic heterocycles. The van der Waals surface area contributed by atoms with Gasteiger partial charge in [-0.05, 0) is 31.9 Å². The van der Waals surface area contributed by atoms with Crippen molar-refractivity contribution >= 4 is 22.5 Å². The van der Waals surface area contributed by atoms with Crippen molar-refractivity contribution in [2.24, 2.45) is 5.92 Å². The van der Waals surface area contributed by atoms with Crippen LogP contribution >= 0.6 is 0 Å². The van der Waals surface area contributed by atoms with Crippen molar-refractivity contribution in [3.8, 4) is 0 Å². The molecule has 0 bridgehead atoms. The molecule has 5 nitrogen and oxygen atoms in total. The summed E-state index contributed by atoms with van der Waals surface area (Å²) in [6.07, 6.45) is 4.13. The van der Waals surface area contributed by atoms with Gasteiger partial charge in [-0.15, -0.1) is 0 Å². The second-order valence-corrected chi connectivity index (χ2v) is 6.09. The molecular weight excluding hydrogens is 288 g/mol. The molecule has 2 aromatic heterocycles. The van der Waals surface area contributed by atoms with Crippen molar-refractivity contribution in [1.29, 1.82) is 0 Å². The maximum absolute atomic E-state index is 12.7. The number of aryl methyl sites for hydroxylation is 2. The van der Waals surface area contributed by atoms with Crippen molar-refractivity contribution in [2.45, 2.75) is 26.2 Å². The predicted molar refractivity (Wildman–Crippen MR) is 89.2 cm³/mol. The van der Waals surface area contributed by atoms with Gasteiger partial charge in [-0.25, -0.2) is 4.98 Å². The Kier molecular flexibility index (Phi) is 3.33. The maximum atomic E-state index is 12.7. The van der Waals surface area contributed by atoms with Crippen LogP contribution in [0.2, 0.25) is 0 Å². The number of H-pyrrole nitrogens is 1. The molecule has 1 aromatic carbocycles. The molecule has 1 unspecified atom stereocenters. The van der Waals surface area contributed by atoms with E-state index < -0.39 is 0 Å². The Bertz CT molecular complexity index is 884. The van der Waals surface area contributed by atoms with Crippen LogP contribution in [0.3, 0.4) is 0 Å². The quantitative estimate of drug-likeness (QED) is 0.764. The first-order valence-electron chi connectivity index (χ1n) is 7.89. The number of nitrogens with zero attached hydrogens (tertiary/aromatic N) is 2. The molecule has 1 aliphatic rings. The molecule has 0 saturated carbocycles. The van der Waals surface area contributed by atoms with E-state index in [1.54, 1.807) is 6.33 Å². The van der Waals surface area contributed by atoms with E-state index in [2.05, 4.69) is 20.3 Å². The minimum Gasteiger partial charge on any atom is -0.348 e. The van der Waals surface area contributed by atoms with Crippen LogP contribution in [0.1, 0.15) is 23.5 Å². The molecule has 5 heteroatoms. The molecule has 0 radical (unpaired) electrons. The summed E-state index contributed by atoms with van der Waals surface area (Å²) in [6.45, 7) is 1.94. The first-order valence-corrected chi connectivity index (χ1v) is 7.89. The number of nitrogens with one attached hydrogen (secondary N) is 2. The van der Waals surface area contributed by atoms with Crippen molar-refractivity contribution in [3.63, 3.8) is 0 Å². The summed E-state index contributed by atoms with van der Waals surface area (Å²) in [4.78, 5) is 24.6. The highest BCUT2D eigenvalue weighted by Crippen LogP contribution is 2.27. The summed E-state index contributed by atoms with van der Waals surface area (Å²) >= 11 is 0. The molecule has 2 N–H and O–H groups in total. The van der Waals surface area contributed by atoms with Crippen LogP contribution in [0.15, 0.2) is 36.7 Å². The van der Waals surface area contributed by atoms with Gasteiger partial charge in [0.15, 0.2) is 0 Å². The van der Waals surface area contributed by atoms with Gasteiger partial charge in [-0.3, -0.25) is 9.78 Å². The third-order valence-electron chi connectivity index (χ3n) is 4.46. The highest BCUT2D eigenvalue weighted by molar-refractivity contribution is 6.01. The van der Waals surface area contributed by atoms with Gasteiger partial charge in [0, 0.05) is 29.1 Å². The first kappa shape index (κ1) is 13.9. The van der Waals surface area contributed by atoms with Crippen LogP contribution < -0.4 is 5.32 Å². The lowest BCUT2D eigenvalue weighted by molar-refractivity contribution is -0.120. The summed E-state index contributed by atoms with van der Waals surface area (Å²) in [5, 5.41) is 4.08. The zero-order chi connectivity index (χ0) is 15.8. The predicted octanol–water partition coefficient (Wildman–Crippen LogP) is 3.01. The highest BCUT2D eigenvalue weighted by Gasteiger charge is 2.26. The van der Waals surface area contributed by atoms with E-state index in [0.29, 0.717) is 0 Å². The van der Waals surface area contributed by atoms with Gasteiger partial charge in [0.1, 0.15) is 0 Å². The van der Waals surface area contributed by atoms with Crippen molar-refractivity contribution < 1.29 is 4.79 Å². The normalized spacial score (nSPS) is 17.0. The van der Waals surface area contributed by atoms with Crippen LogP contribution in [-0.4, -0.2) is 20.9 Å². The fourth-order valence-electron chi connectivity index (χ4n) is 3.27. The number of anilines is 1. The van der Waals surface area contributed by atoms with Gasteiger partial charge in [0.2, 0.25) is 5.91 Å². The van der Waals surface area contributed by atoms with Crippen molar-refractivity contribution in [1.82, 2.24) is 15.0 Å². The number of carbonyl (C=O) groups is 1. The molecule has 0 spiro atoms. The van der Waals surface area contributed by atoms with Crippen LogP contribution in [-0.2, 0) is 17.6 Å². The molecule has 0 saturated heterocycles. The van der Waals surface area contributed by atoms with E-state index in [0.717, 1.165) is 52.9 Å². The summed E-state index contributed by atoms with van der Waals surface area (Å²) in [7, 11) is 0. The Hall–Kier alpha value is -2.69. The summed E-state index contributed by atoms with van der Waals surface area (Å²) in [6, 6.07) is 9.82. The lowest BCUT2D eigenvalue weighted by atomic mass is 9.89. The summed E-state index contributed by atoms with van der Waals surface area (Å²) in [5.74, 6) is 0.0520. The van der Waals surface area contributed by atoms with Crippen LogP contribution in [0.5, 0.6) is 0 Å². The van der Waals surface area contributed by atoms with Crippen LogP contribution in [0, 0.1) is 12.8 Å². The average molecular weight is 306 g/mol. The van der Waals surface area contributed by atoms with Gasteiger partial charge in [0.05, 0.1) is 23.2 Å². The largest absolute Gasteiger partial charge is 0.348 e. The van der Waals surface area contributed by atoms with Gasteiger partial charge in [-0.1, -0.05) is 18.2 Å². The molecule has 1 amide bonds. The number of fused-ring (bicyclic) bond motifs is 2. The molecule has 23 heavy (non-hydrogen) atoms. The third kappa shape index (κ3) is 2.59. The number of hydrogen-bond acceptors (Lipinski definition) is 3. The summed E-state index contributed by atoms with van der Waals surface area (Å²) in [5.41, 5.74) is 4.83. The third-order valence-corrected chi connectivity index (χ3v) is 4.46. The standard InChI is InChI=1S/C18H18N4O/c1-11-8-16(13-4-2-3-5-14(13)21-11)22-18(23)12-6-7-15-17(9-12)20-10-19-15/h2-5,8,10,12H,6-7,9H2,1H3,(H,19,20)(H,21,22,23). The molecular formula is C18H18N4O. The smallest absolute Gasteiger partial charge is 0.227 e. The zero-order valence-corrected chi connectivity index (χ0v) is 13.0. The van der Waals surface area contributed by atoms with E-state index >= 15 is 0 Å². The van der Waals surface area contributed by atoms with E-state index in [4.69, 9.17) is 0 Å². The molecule has 1 aliphatic carbocycles. The number of pyridine rings is 1. The van der Waals surface area contributed by atoms with Gasteiger partial charge in [0.25, 0.3) is 0 Å². The maximum Gasteiger partial charge on any atom is 0.227 e. The topological polar surface area (TPSA) is 70.7 Å². The number of aromatic amines is 1. The molecule has 116 valence electrons. The lowest BCUT2D eigenvalue weighted by Gasteiger charge is -2.21. The minimum absolute atomic E-state index is 0.0183. The number of benzene rings is 1. The Morgan fingerprint density at radius 2 is 2.22 bits per heavy atom. The number of para-hydroxylation sites is 1. The van der Waals surface area contributed by atoms with E-state index in [9.17, 15) is 4.79 Å². The Balaban J connectivity index is 1.60. The zero-order valence-electron chi connectivity index (χ0n) is 13.0. The average Bonchev–Trinajstić information content (AvgIpc) is 3.02. The second kappa shape index (κ2) is 5.50. The van der Waals surface area contributed by atoms with Gasteiger partial charge < -0.3 is 10.3 Å². The number of rotatable bonds is 2. The number of carbonyl (C=O) groups excluding carboxylic acids is 1. The molecule has 2 heterocycles. The second-order valence-electron chi connectivity index (χ2n) is 6.09. The van der Waals surface area contributed by atoms with Gasteiger partial charge in [-0.2, -0.15) is 0 Å². The Labute approximate surface area is 134 Å².